The summed E-state index contributed by atoms with van der Waals surface area (Å²) in [6, 6.07) is 5.17. The lowest BCUT2D eigenvalue weighted by Gasteiger charge is -2.07. The van der Waals surface area contributed by atoms with Gasteiger partial charge in [-0.05, 0) is 34.1 Å². The highest BCUT2D eigenvalue weighted by Gasteiger charge is 2.10. The van der Waals surface area contributed by atoms with Gasteiger partial charge < -0.3 is 10.1 Å². The molecule has 0 bridgehead atoms. The number of carbonyl (C=O) groups is 1. The molecular formula is C11H11BrClNO2. The lowest BCUT2D eigenvalue weighted by molar-refractivity contribution is 0.0956. The van der Waals surface area contributed by atoms with Gasteiger partial charge in [-0.1, -0.05) is 18.2 Å². The van der Waals surface area contributed by atoms with E-state index >= 15 is 0 Å². The van der Waals surface area contributed by atoms with Gasteiger partial charge in [0.2, 0.25) is 0 Å². The first kappa shape index (κ1) is 13.1. The highest BCUT2D eigenvalue weighted by Crippen LogP contribution is 2.22. The van der Waals surface area contributed by atoms with E-state index in [4.69, 9.17) is 16.3 Å². The van der Waals surface area contributed by atoms with Crippen molar-refractivity contribution in [3.63, 3.8) is 0 Å². The summed E-state index contributed by atoms with van der Waals surface area (Å²) in [6.07, 6.45) is 0. The highest BCUT2D eigenvalue weighted by atomic mass is 79.9. The van der Waals surface area contributed by atoms with Crippen LogP contribution >= 0.6 is 27.5 Å². The van der Waals surface area contributed by atoms with Gasteiger partial charge in [0.05, 0.1) is 19.2 Å². The van der Waals surface area contributed by atoms with Crippen LogP contribution in [0, 0.1) is 0 Å². The van der Waals surface area contributed by atoms with E-state index in [1.807, 2.05) is 0 Å². The SMILES string of the molecule is C=C(Cl)CNC(=O)c1cc(OC)ccc1Br. The van der Waals surface area contributed by atoms with Crippen molar-refractivity contribution >= 4 is 33.4 Å². The zero-order valence-electron chi connectivity index (χ0n) is 8.72. The van der Waals surface area contributed by atoms with Gasteiger partial charge in [0, 0.05) is 9.51 Å². The minimum atomic E-state index is -0.229. The fourth-order valence-electron chi connectivity index (χ4n) is 1.08. The molecule has 0 radical (unpaired) electrons. The van der Waals surface area contributed by atoms with Gasteiger partial charge in [0.25, 0.3) is 5.91 Å². The fourth-order valence-corrected chi connectivity index (χ4v) is 1.57. The van der Waals surface area contributed by atoms with Crippen molar-refractivity contribution in [1.29, 1.82) is 0 Å². The van der Waals surface area contributed by atoms with E-state index in [1.165, 1.54) is 0 Å². The zero-order chi connectivity index (χ0) is 12.1. The average Bonchev–Trinajstić information content (AvgIpc) is 2.26. The monoisotopic (exact) mass is 303 g/mol. The van der Waals surface area contributed by atoms with Crippen LogP contribution in [-0.2, 0) is 0 Å². The normalized spacial score (nSPS) is 9.69. The van der Waals surface area contributed by atoms with Crippen LogP contribution in [0.15, 0.2) is 34.3 Å². The maximum Gasteiger partial charge on any atom is 0.252 e. The molecule has 0 fully saturated rings. The molecule has 0 atom stereocenters. The topological polar surface area (TPSA) is 38.3 Å². The zero-order valence-corrected chi connectivity index (χ0v) is 11.1. The Labute approximate surface area is 108 Å². The third kappa shape index (κ3) is 3.54. The van der Waals surface area contributed by atoms with Gasteiger partial charge in [0.15, 0.2) is 0 Å². The Balaban J connectivity index is 2.85. The Kier molecular flexibility index (Phi) is 4.83. The van der Waals surface area contributed by atoms with Crippen LogP contribution in [-0.4, -0.2) is 19.6 Å². The molecule has 16 heavy (non-hydrogen) atoms. The molecule has 0 heterocycles. The predicted octanol–water partition coefficient (Wildman–Crippen LogP) is 2.94. The quantitative estimate of drug-likeness (QED) is 0.929. The van der Waals surface area contributed by atoms with Crippen molar-refractivity contribution in [3.05, 3.63) is 39.8 Å². The molecule has 1 N–H and O–H groups in total. The molecule has 86 valence electrons. The molecule has 0 aliphatic rings. The second-order valence-corrected chi connectivity index (χ2v) is 4.43. The van der Waals surface area contributed by atoms with Crippen LogP contribution in [0.3, 0.4) is 0 Å². The van der Waals surface area contributed by atoms with Gasteiger partial charge in [-0.25, -0.2) is 0 Å². The second-order valence-electron chi connectivity index (χ2n) is 3.05. The largest absolute Gasteiger partial charge is 0.497 e. The first-order valence-electron chi connectivity index (χ1n) is 4.49. The number of benzene rings is 1. The van der Waals surface area contributed by atoms with Crippen molar-refractivity contribution in [2.45, 2.75) is 0 Å². The predicted molar refractivity (Wildman–Crippen MR) is 68.0 cm³/mol. The van der Waals surface area contributed by atoms with Crippen LogP contribution in [0.2, 0.25) is 0 Å². The number of hydrogen-bond acceptors (Lipinski definition) is 2. The summed E-state index contributed by atoms with van der Waals surface area (Å²) < 4.78 is 5.74. The standard InChI is InChI=1S/C11H11BrClNO2/c1-7(13)6-14-11(15)9-5-8(16-2)3-4-10(9)12/h3-5H,1,6H2,2H3,(H,14,15). The molecule has 1 amide bonds. The molecule has 0 aliphatic heterocycles. The van der Waals surface area contributed by atoms with Crippen molar-refractivity contribution in [3.8, 4) is 5.75 Å². The molecule has 1 aromatic rings. The molecule has 5 heteroatoms. The molecule has 1 aromatic carbocycles. The van der Waals surface area contributed by atoms with E-state index in [0.29, 0.717) is 20.8 Å². The van der Waals surface area contributed by atoms with Gasteiger partial charge >= 0.3 is 0 Å². The van der Waals surface area contributed by atoms with Crippen LogP contribution < -0.4 is 10.1 Å². The maximum atomic E-state index is 11.7. The van der Waals surface area contributed by atoms with Crippen molar-refractivity contribution in [2.75, 3.05) is 13.7 Å². The number of nitrogens with one attached hydrogen (secondary N) is 1. The van der Waals surface area contributed by atoms with Crippen LogP contribution in [0.5, 0.6) is 5.75 Å². The van der Waals surface area contributed by atoms with Crippen LogP contribution in [0.4, 0.5) is 0 Å². The molecule has 1 rings (SSSR count). The molecular weight excluding hydrogens is 293 g/mol. The number of hydrogen-bond donors (Lipinski definition) is 1. The molecule has 0 unspecified atom stereocenters. The summed E-state index contributed by atoms with van der Waals surface area (Å²) in [6.45, 7) is 3.73. The number of rotatable bonds is 4. The van der Waals surface area contributed by atoms with Crippen molar-refractivity contribution < 1.29 is 9.53 Å². The smallest absolute Gasteiger partial charge is 0.252 e. The molecule has 0 saturated heterocycles. The minimum Gasteiger partial charge on any atom is -0.497 e. The Bertz CT molecular complexity index is 420. The summed E-state index contributed by atoms with van der Waals surface area (Å²) in [5.74, 6) is 0.394. The highest BCUT2D eigenvalue weighted by molar-refractivity contribution is 9.10. The number of halogens is 2. The van der Waals surface area contributed by atoms with Crippen molar-refractivity contribution in [1.82, 2.24) is 5.32 Å². The molecule has 0 aromatic heterocycles. The van der Waals surface area contributed by atoms with Gasteiger partial charge in [-0.15, -0.1) is 0 Å². The summed E-state index contributed by atoms with van der Waals surface area (Å²) in [5.41, 5.74) is 0.497. The van der Waals surface area contributed by atoms with E-state index in [0.717, 1.165) is 0 Å². The summed E-state index contributed by atoms with van der Waals surface area (Å²) in [5, 5.41) is 3.02. The second kappa shape index (κ2) is 5.92. The van der Waals surface area contributed by atoms with E-state index in [1.54, 1.807) is 25.3 Å². The number of carbonyl (C=O) groups excluding carboxylic acids is 1. The van der Waals surface area contributed by atoms with E-state index in [9.17, 15) is 4.79 Å². The fraction of sp³-hybridized carbons (Fsp3) is 0.182. The van der Waals surface area contributed by atoms with E-state index in [2.05, 4.69) is 27.8 Å². The average molecular weight is 305 g/mol. The van der Waals surface area contributed by atoms with E-state index < -0.39 is 0 Å². The van der Waals surface area contributed by atoms with Crippen LogP contribution in [0.1, 0.15) is 10.4 Å². The number of ether oxygens (including phenoxy) is 1. The molecule has 3 nitrogen and oxygen atoms in total. The summed E-state index contributed by atoms with van der Waals surface area (Å²) in [4.78, 5) is 11.7. The Morgan fingerprint density at radius 2 is 2.31 bits per heavy atom. The third-order valence-corrected chi connectivity index (χ3v) is 2.68. The molecule has 0 aliphatic carbocycles. The Hall–Kier alpha value is -1.00. The van der Waals surface area contributed by atoms with Gasteiger partial charge in [0.1, 0.15) is 5.75 Å². The Morgan fingerprint density at radius 3 is 2.88 bits per heavy atom. The molecule has 0 spiro atoms. The van der Waals surface area contributed by atoms with Crippen LogP contribution in [0.25, 0.3) is 0 Å². The number of amides is 1. The number of methoxy groups -OCH3 is 1. The molecule has 0 saturated carbocycles. The minimum absolute atomic E-state index is 0.229. The lowest BCUT2D eigenvalue weighted by atomic mass is 10.2. The van der Waals surface area contributed by atoms with Gasteiger partial charge in [-0.2, -0.15) is 0 Å². The van der Waals surface area contributed by atoms with Crippen molar-refractivity contribution in [2.24, 2.45) is 0 Å². The maximum absolute atomic E-state index is 11.7. The van der Waals surface area contributed by atoms with Gasteiger partial charge in [-0.3, -0.25) is 4.79 Å². The lowest BCUT2D eigenvalue weighted by Crippen LogP contribution is -2.24. The first-order valence-corrected chi connectivity index (χ1v) is 5.66. The summed E-state index contributed by atoms with van der Waals surface area (Å²) in [7, 11) is 1.55. The third-order valence-electron chi connectivity index (χ3n) is 1.86. The summed E-state index contributed by atoms with van der Waals surface area (Å²) >= 11 is 8.86. The van der Waals surface area contributed by atoms with E-state index in [-0.39, 0.29) is 12.5 Å². The Morgan fingerprint density at radius 1 is 1.62 bits per heavy atom. The first-order chi connectivity index (χ1) is 7.54.